The maximum atomic E-state index is 11.9. The number of amidine groups is 1. The van der Waals surface area contributed by atoms with Gasteiger partial charge in [-0.3, -0.25) is 0 Å². The summed E-state index contributed by atoms with van der Waals surface area (Å²) in [6.45, 7) is 0. The van der Waals surface area contributed by atoms with Gasteiger partial charge in [-0.1, -0.05) is 0 Å². The number of hydrogen-bond acceptors (Lipinski definition) is 5. The minimum absolute atomic E-state index is 0.130. The molecule has 0 spiro atoms. The van der Waals surface area contributed by atoms with Crippen molar-refractivity contribution in [1.29, 1.82) is 0 Å². The summed E-state index contributed by atoms with van der Waals surface area (Å²) in [4.78, 5) is -0.352. The molecule has 0 aromatic heterocycles. The molecular formula is C9H10ClN3O4S2. The fraction of sp³-hybridized carbons (Fsp3) is 0.222. The van der Waals surface area contributed by atoms with Crippen molar-refractivity contribution in [2.45, 2.75) is 9.79 Å². The number of nitrogens with one attached hydrogen (secondary N) is 1. The largest absolute Gasteiger partial charge is 0.329 e. The predicted molar refractivity (Wildman–Crippen MR) is 71.4 cm³/mol. The molecule has 0 fully saturated rings. The summed E-state index contributed by atoms with van der Waals surface area (Å²) in [7, 11) is -4.99. The zero-order chi connectivity index (χ0) is 14.4. The van der Waals surface area contributed by atoms with Crippen molar-refractivity contribution in [3.8, 4) is 0 Å². The van der Waals surface area contributed by atoms with Crippen LogP contribution in [-0.4, -0.2) is 40.5 Å². The molecule has 2 rings (SSSR count). The Bertz CT molecular complexity index is 769. The van der Waals surface area contributed by atoms with Gasteiger partial charge in [-0.15, -0.1) is 4.40 Å². The Morgan fingerprint density at radius 3 is 2.53 bits per heavy atom. The molecule has 1 aromatic rings. The van der Waals surface area contributed by atoms with Gasteiger partial charge in [0.2, 0.25) is 15.3 Å². The lowest BCUT2D eigenvalue weighted by Crippen LogP contribution is -2.23. The summed E-state index contributed by atoms with van der Waals surface area (Å²) in [5, 5.41) is 2.27. The molecule has 10 heteroatoms. The number of anilines is 1. The SMILES string of the molecule is CN(C)S(=O)(=O)c1ccc2c(c1)S(=O)(=O)N=C(Cl)N2. The topological polar surface area (TPSA) is 95.9 Å². The summed E-state index contributed by atoms with van der Waals surface area (Å²) in [6.07, 6.45) is 0. The smallest absolute Gasteiger partial charge is 0.287 e. The standard InChI is InChI=1S/C9H10ClN3O4S2/c1-13(2)19(16,17)6-3-4-7-8(5-6)18(14,15)12-9(10)11-7/h3-5H,1-2H3,(H,11,12). The molecule has 0 aliphatic carbocycles. The van der Waals surface area contributed by atoms with Crippen LogP contribution in [0.15, 0.2) is 32.4 Å². The van der Waals surface area contributed by atoms with Crippen LogP contribution >= 0.6 is 11.6 Å². The van der Waals surface area contributed by atoms with Gasteiger partial charge in [-0.25, -0.2) is 12.7 Å². The number of halogens is 1. The van der Waals surface area contributed by atoms with Crippen molar-refractivity contribution < 1.29 is 16.8 Å². The highest BCUT2D eigenvalue weighted by Crippen LogP contribution is 2.30. The molecule has 0 amide bonds. The van der Waals surface area contributed by atoms with Gasteiger partial charge in [0.15, 0.2) is 0 Å². The molecule has 0 atom stereocenters. The van der Waals surface area contributed by atoms with Crippen LogP contribution < -0.4 is 5.32 Å². The second-order valence-corrected chi connectivity index (χ2v) is 8.01. The lowest BCUT2D eigenvalue weighted by molar-refractivity contribution is 0.520. The van der Waals surface area contributed by atoms with E-state index in [0.717, 1.165) is 10.4 Å². The van der Waals surface area contributed by atoms with Crippen molar-refractivity contribution in [2.75, 3.05) is 19.4 Å². The van der Waals surface area contributed by atoms with Gasteiger partial charge >= 0.3 is 0 Å². The number of sulfonamides is 2. The lowest BCUT2D eigenvalue weighted by atomic mass is 10.3. The first-order chi connectivity index (χ1) is 8.64. The van der Waals surface area contributed by atoms with Gasteiger partial charge in [0.1, 0.15) is 4.90 Å². The van der Waals surface area contributed by atoms with Crippen LogP contribution in [-0.2, 0) is 20.0 Å². The van der Waals surface area contributed by atoms with Crippen LogP contribution in [0.4, 0.5) is 5.69 Å². The van der Waals surface area contributed by atoms with Crippen molar-refractivity contribution in [3.05, 3.63) is 18.2 Å². The Morgan fingerprint density at radius 2 is 1.95 bits per heavy atom. The Kier molecular flexibility index (Phi) is 3.33. The Morgan fingerprint density at radius 1 is 1.32 bits per heavy atom. The third-order valence-electron chi connectivity index (χ3n) is 2.45. The maximum absolute atomic E-state index is 11.9. The molecule has 1 heterocycles. The minimum Gasteiger partial charge on any atom is -0.329 e. The third kappa shape index (κ3) is 2.46. The summed E-state index contributed by atoms with van der Waals surface area (Å²) < 4.78 is 51.8. The number of rotatable bonds is 2. The van der Waals surface area contributed by atoms with Gasteiger partial charge in [0.05, 0.1) is 10.6 Å². The van der Waals surface area contributed by atoms with Crippen molar-refractivity contribution in [1.82, 2.24) is 4.31 Å². The minimum atomic E-state index is -3.99. The van der Waals surface area contributed by atoms with Gasteiger partial charge < -0.3 is 5.32 Å². The highest BCUT2D eigenvalue weighted by molar-refractivity contribution is 7.91. The van der Waals surface area contributed by atoms with E-state index in [-0.39, 0.29) is 20.8 Å². The number of hydrogen-bond donors (Lipinski definition) is 1. The zero-order valence-electron chi connectivity index (χ0n) is 9.95. The quantitative estimate of drug-likeness (QED) is 0.806. The predicted octanol–water partition coefficient (Wildman–Crippen LogP) is 0.646. The van der Waals surface area contributed by atoms with Gasteiger partial charge in [0.25, 0.3) is 10.0 Å². The van der Waals surface area contributed by atoms with E-state index in [2.05, 4.69) is 9.71 Å². The molecule has 0 saturated heterocycles. The fourth-order valence-electron chi connectivity index (χ4n) is 1.48. The van der Waals surface area contributed by atoms with Gasteiger partial charge in [-0.05, 0) is 29.8 Å². The highest BCUT2D eigenvalue weighted by Gasteiger charge is 2.27. The van der Waals surface area contributed by atoms with Crippen LogP contribution in [0.25, 0.3) is 0 Å². The van der Waals surface area contributed by atoms with Crippen LogP contribution in [0.5, 0.6) is 0 Å². The molecule has 0 bridgehead atoms. The van der Waals surface area contributed by atoms with E-state index in [1.807, 2.05) is 0 Å². The van der Waals surface area contributed by atoms with Gasteiger partial charge in [-0.2, -0.15) is 8.42 Å². The summed E-state index contributed by atoms with van der Waals surface area (Å²) in [5.41, 5.74) is 0.192. The second-order valence-electron chi connectivity index (χ2n) is 3.93. The number of nitrogens with zero attached hydrogens (tertiary/aromatic N) is 2. The fourth-order valence-corrected chi connectivity index (χ4v) is 3.88. The van der Waals surface area contributed by atoms with Crippen LogP contribution in [0, 0.1) is 0 Å². The van der Waals surface area contributed by atoms with E-state index in [1.165, 1.54) is 26.2 Å². The summed E-state index contributed by atoms with van der Waals surface area (Å²) in [6, 6.07) is 3.69. The molecule has 0 unspecified atom stereocenters. The number of fused-ring (bicyclic) bond motifs is 1. The maximum Gasteiger partial charge on any atom is 0.287 e. The van der Waals surface area contributed by atoms with Crippen LogP contribution in [0.1, 0.15) is 0 Å². The first kappa shape index (κ1) is 14.3. The monoisotopic (exact) mass is 323 g/mol. The zero-order valence-corrected chi connectivity index (χ0v) is 12.3. The average molecular weight is 324 g/mol. The molecule has 0 radical (unpaired) electrons. The summed E-state index contributed by atoms with van der Waals surface area (Å²) >= 11 is 5.54. The van der Waals surface area contributed by atoms with Crippen LogP contribution in [0.3, 0.4) is 0 Å². The van der Waals surface area contributed by atoms with Crippen molar-refractivity contribution in [3.63, 3.8) is 0 Å². The molecule has 1 aliphatic rings. The molecule has 0 saturated carbocycles. The normalized spacial score (nSPS) is 17.6. The molecule has 1 N–H and O–H groups in total. The van der Waals surface area contributed by atoms with E-state index in [1.54, 1.807) is 0 Å². The molecular weight excluding hydrogens is 314 g/mol. The molecule has 19 heavy (non-hydrogen) atoms. The van der Waals surface area contributed by atoms with Crippen molar-refractivity contribution in [2.24, 2.45) is 4.40 Å². The van der Waals surface area contributed by atoms with Gasteiger partial charge in [0, 0.05) is 14.1 Å². The Balaban J connectivity index is 2.67. The van der Waals surface area contributed by atoms with Crippen LogP contribution in [0.2, 0.25) is 0 Å². The highest BCUT2D eigenvalue weighted by atomic mass is 35.5. The molecule has 104 valence electrons. The van der Waals surface area contributed by atoms with E-state index >= 15 is 0 Å². The summed E-state index contributed by atoms with van der Waals surface area (Å²) in [5.74, 6) is 0. The van der Waals surface area contributed by atoms with E-state index in [9.17, 15) is 16.8 Å². The van der Waals surface area contributed by atoms with E-state index in [0.29, 0.717) is 0 Å². The second kappa shape index (κ2) is 4.44. The molecule has 1 aromatic carbocycles. The van der Waals surface area contributed by atoms with E-state index in [4.69, 9.17) is 11.6 Å². The Hall–Kier alpha value is -1.16. The Labute approximate surface area is 116 Å². The molecule has 1 aliphatic heterocycles. The number of benzene rings is 1. The lowest BCUT2D eigenvalue weighted by Gasteiger charge is -2.17. The van der Waals surface area contributed by atoms with Crippen molar-refractivity contribution >= 4 is 42.6 Å². The first-order valence-electron chi connectivity index (χ1n) is 4.99. The first-order valence-corrected chi connectivity index (χ1v) is 8.24. The average Bonchev–Trinajstić information content (AvgIpc) is 2.26. The molecule has 7 nitrogen and oxygen atoms in total. The third-order valence-corrected chi connectivity index (χ3v) is 5.85. The van der Waals surface area contributed by atoms with E-state index < -0.39 is 20.0 Å².